The van der Waals surface area contributed by atoms with Crippen molar-refractivity contribution in [2.45, 2.75) is 6.42 Å². The minimum atomic E-state index is 0.794. The highest BCUT2D eigenvalue weighted by Crippen LogP contribution is 1.68. The quantitative estimate of drug-likeness (QED) is 0.364. The molecule has 0 bridgehead atoms. The fourth-order valence-corrected chi connectivity index (χ4v) is 1.55. The molecule has 1 aliphatic heterocycles. The molecule has 0 aromatic heterocycles. The molecule has 1 rings (SSSR count). The SMILES string of the molecule is C[NH+](C)CCC[NH+]1CNC(=S)NC1. The van der Waals surface area contributed by atoms with Gasteiger partial charge >= 0.3 is 0 Å². The fourth-order valence-electron chi connectivity index (χ4n) is 1.40. The molecule has 1 saturated heterocycles. The zero-order valence-electron chi connectivity index (χ0n) is 8.44. The zero-order valence-corrected chi connectivity index (χ0v) is 9.26. The van der Waals surface area contributed by atoms with E-state index in [2.05, 4.69) is 24.7 Å². The molecular weight excluding hydrogens is 184 g/mol. The van der Waals surface area contributed by atoms with E-state index in [0.29, 0.717) is 0 Å². The zero-order chi connectivity index (χ0) is 9.68. The van der Waals surface area contributed by atoms with Gasteiger partial charge in [0.2, 0.25) is 0 Å². The first-order chi connectivity index (χ1) is 6.18. The third kappa shape index (κ3) is 4.40. The number of hydrogen-bond donors (Lipinski definition) is 4. The summed E-state index contributed by atoms with van der Waals surface area (Å²) in [5.74, 6) is 0. The summed E-state index contributed by atoms with van der Waals surface area (Å²) in [4.78, 5) is 3.06. The van der Waals surface area contributed by atoms with Crippen LogP contribution in [0.4, 0.5) is 0 Å². The van der Waals surface area contributed by atoms with E-state index >= 15 is 0 Å². The lowest BCUT2D eigenvalue weighted by molar-refractivity contribution is -0.913. The second-order valence-corrected chi connectivity index (χ2v) is 4.26. The second-order valence-electron chi connectivity index (χ2n) is 3.85. The monoisotopic (exact) mass is 204 g/mol. The van der Waals surface area contributed by atoms with Gasteiger partial charge in [0.1, 0.15) is 0 Å². The Hall–Kier alpha value is -0.390. The predicted molar refractivity (Wildman–Crippen MR) is 56.7 cm³/mol. The van der Waals surface area contributed by atoms with E-state index in [9.17, 15) is 0 Å². The van der Waals surface area contributed by atoms with Crippen LogP contribution in [0.3, 0.4) is 0 Å². The normalized spacial score (nSPS) is 18.5. The van der Waals surface area contributed by atoms with Crippen molar-refractivity contribution in [2.75, 3.05) is 40.5 Å². The number of thiocarbonyl (C=S) groups is 1. The van der Waals surface area contributed by atoms with Gasteiger partial charge in [-0.25, -0.2) is 0 Å². The van der Waals surface area contributed by atoms with E-state index in [4.69, 9.17) is 12.2 Å². The van der Waals surface area contributed by atoms with Gasteiger partial charge in [-0.1, -0.05) is 0 Å². The molecule has 0 aromatic carbocycles. The highest BCUT2D eigenvalue weighted by molar-refractivity contribution is 7.80. The summed E-state index contributed by atoms with van der Waals surface area (Å²) in [5, 5.41) is 7.09. The van der Waals surface area contributed by atoms with Crippen molar-refractivity contribution in [3.8, 4) is 0 Å². The van der Waals surface area contributed by atoms with E-state index in [-0.39, 0.29) is 0 Å². The topological polar surface area (TPSA) is 32.9 Å². The van der Waals surface area contributed by atoms with E-state index in [0.717, 1.165) is 18.4 Å². The average molecular weight is 204 g/mol. The maximum atomic E-state index is 4.97. The molecule has 1 aliphatic rings. The Morgan fingerprint density at radius 1 is 1.38 bits per heavy atom. The third-order valence-electron chi connectivity index (χ3n) is 2.20. The van der Waals surface area contributed by atoms with Gasteiger partial charge in [0, 0.05) is 6.42 Å². The predicted octanol–water partition coefficient (Wildman–Crippen LogP) is -3.20. The molecule has 1 heterocycles. The van der Waals surface area contributed by atoms with Crippen molar-refractivity contribution >= 4 is 17.3 Å². The third-order valence-corrected chi connectivity index (χ3v) is 2.49. The van der Waals surface area contributed by atoms with Gasteiger partial charge in [-0.05, 0) is 12.2 Å². The Balaban J connectivity index is 2.05. The second kappa shape index (κ2) is 5.36. The summed E-state index contributed by atoms with van der Waals surface area (Å²) in [6.07, 6.45) is 1.27. The first kappa shape index (κ1) is 10.7. The Labute approximate surface area is 85.3 Å². The van der Waals surface area contributed by atoms with Crippen LogP contribution < -0.4 is 20.4 Å². The lowest BCUT2D eigenvalue weighted by atomic mass is 10.4. The van der Waals surface area contributed by atoms with Crippen molar-refractivity contribution in [3.05, 3.63) is 0 Å². The van der Waals surface area contributed by atoms with Gasteiger partial charge in [-0.3, -0.25) is 0 Å². The van der Waals surface area contributed by atoms with Crippen molar-refractivity contribution in [1.29, 1.82) is 0 Å². The first-order valence-electron chi connectivity index (χ1n) is 4.83. The van der Waals surface area contributed by atoms with Crippen LogP contribution in [-0.2, 0) is 0 Å². The largest absolute Gasteiger partial charge is 0.340 e. The van der Waals surface area contributed by atoms with Gasteiger partial charge in [-0.15, -0.1) is 0 Å². The van der Waals surface area contributed by atoms with Crippen LogP contribution in [0.2, 0.25) is 0 Å². The number of rotatable bonds is 4. The fraction of sp³-hybridized carbons (Fsp3) is 0.875. The summed E-state index contributed by atoms with van der Waals surface area (Å²) >= 11 is 4.97. The number of nitrogens with one attached hydrogen (secondary N) is 4. The van der Waals surface area contributed by atoms with Gasteiger partial charge < -0.3 is 20.4 Å². The van der Waals surface area contributed by atoms with Crippen molar-refractivity contribution in [2.24, 2.45) is 0 Å². The summed E-state index contributed by atoms with van der Waals surface area (Å²) in [7, 11) is 4.38. The molecule has 0 radical (unpaired) electrons. The molecule has 0 amide bonds. The van der Waals surface area contributed by atoms with E-state index < -0.39 is 0 Å². The van der Waals surface area contributed by atoms with E-state index in [1.807, 2.05) is 0 Å². The van der Waals surface area contributed by atoms with E-state index in [1.165, 1.54) is 29.3 Å². The lowest BCUT2D eigenvalue weighted by Crippen LogP contribution is -3.17. The molecule has 1 fully saturated rings. The van der Waals surface area contributed by atoms with Gasteiger partial charge in [-0.2, -0.15) is 0 Å². The Morgan fingerprint density at radius 2 is 2.00 bits per heavy atom. The minimum Gasteiger partial charge on any atom is -0.340 e. The van der Waals surface area contributed by atoms with E-state index in [1.54, 1.807) is 0 Å². The molecule has 0 aromatic rings. The highest BCUT2D eigenvalue weighted by Gasteiger charge is 2.14. The van der Waals surface area contributed by atoms with Crippen LogP contribution in [0.15, 0.2) is 0 Å². The molecule has 0 unspecified atom stereocenters. The Morgan fingerprint density at radius 3 is 2.54 bits per heavy atom. The van der Waals surface area contributed by atoms with Crippen LogP contribution in [0.25, 0.3) is 0 Å². The van der Waals surface area contributed by atoms with Gasteiger partial charge in [0.05, 0.1) is 27.2 Å². The summed E-state index contributed by atoms with van der Waals surface area (Å²) in [6.45, 7) is 4.39. The molecule has 4 N–H and O–H groups in total. The first-order valence-corrected chi connectivity index (χ1v) is 5.23. The molecule has 0 atom stereocenters. The summed E-state index contributed by atoms with van der Waals surface area (Å²) in [6, 6.07) is 0. The smallest absolute Gasteiger partial charge is 0.174 e. The molecule has 5 heteroatoms. The maximum Gasteiger partial charge on any atom is 0.174 e. The number of quaternary nitrogens is 2. The molecule has 0 saturated carbocycles. The molecule has 0 aliphatic carbocycles. The van der Waals surface area contributed by atoms with Gasteiger partial charge in [0.25, 0.3) is 0 Å². The molecule has 13 heavy (non-hydrogen) atoms. The lowest BCUT2D eigenvalue weighted by Gasteiger charge is -2.26. The van der Waals surface area contributed by atoms with Crippen molar-refractivity contribution in [1.82, 2.24) is 10.6 Å². The van der Waals surface area contributed by atoms with Crippen LogP contribution in [0, 0.1) is 0 Å². The Bertz CT molecular complexity index is 162. The highest BCUT2D eigenvalue weighted by atomic mass is 32.1. The molecule has 76 valence electrons. The van der Waals surface area contributed by atoms with Crippen molar-refractivity contribution < 1.29 is 9.80 Å². The number of hydrogen-bond acceptors (Lipinski definition) is 1. The summed E-state index contributed by atoms with van der Waals surface area (Å²) < 4.78 is 0. The standard InChI is InChI=1S/C8H18N4S/c1-11(2)4-3-5-12-6-9-8(13)10-7-12/h3-7H2,1-2H3,(H2,9,10,13)/p+2. The molecule has 0 spiro atoms. The molecule has 4 nitrogen and oxygen atoms in total. The van der Waals surface area contributed by atoms with Crippen molar-refractivity contribution in [3.63, 3.8) is 0 Å². The summed E-state index contributed by atoms with van der Waals surface area (Å²) in [5.41, 5.74) is 0. The minimum absolute atomic E-state index is 0.794. The van der Waals surface area contributed by atoms with Crippen LogP contribution >= 0.6 is 12.2 Å². The van der Waals surface area contributed by atoms with Crippen LogP contribution in [0.1, 0.15) is 6.42 Å². The maximum absolute atomic E-state index is 4.97. The average Bonchev–Trinajstić information content (AvgIpc) is 2.08. The van der Waals surface area contributed by atoms with Crippen LogP contribution in [0.5, 0.6) is 0 Å². The Kier molecular flexibility index (Phi) is 4.41. The van der Waals surface area contributed by atoms with Crippen LogP contribution in [-0.4, -0.2) is 45.6 Å². The molecular formula is C8H20N4S+2. The van der Waals surface area contributed by atoms with Gasteiger partial charge in [0.15, 0.2) is 18.4 Å².